The van der Waals surface area contributed by atoms with E-state index in [1.54, 1.807) is 11.1 Å². The lowest BCUT2D eigenvalue weighted by molar-refractivity contribution is 0.571. The lowest BCUT2D eigenvalue weighted by Crippen LogP contribution is -2.18. The maximum atomic E-state index is 3.71. The molecule has 110 valence electrons. The maximum absolute atomic E-state index is 3.71. The predicted molar refractivity (Wildman–Crippen MR) is 91.1 cm³/mol. The quantitative estimate of drug-likeness (QED) is 0.796. The van der Waals surface area contributed by atoms with Crippen molar-refractivity contribution in [2.45, 2.75) is 44.9 Å². The van der Waals surface area contributed by atoms with Gasteiger partial charge in [0.2, 0.25) is 0 Å². The fraction of sp³-hybridized carbons (Fsp3) is 0.400. The molecule has 0 fully saturated rings. The van der Waals surface area contributed by atoms with Crippen molar-refractivity contribution in [1.29, 1.82) is 0 Å². The molecular formula is C20H25N. The molecule has 2 aromatic rings. The molecule has 1 aliphatic carbocycles. The van der Waals surface area contributed by atoms with Gasteiger partial charge in [-0.15, -0.1) is 0 Å². The van der Waals surface area contributed by atoms with E-state index in [0.717, 1.165) is 6.54 Å². The van der Waals surface area contributed by atoms with Crippen LogP contribution < -0.4 is 5.32 Å². The third-order valence-electron chi connectivity index (χ3n) is 4.62. The van der Waals surface area contributed by atoms with Crippen LogP contribution in [0.4, 0.5) is 5.69 Å². The molecule has 1 atom stereocenters. The van der Waals surface area contributed by atoms with Crippen LogP contribution in [-0.4, -0.2) is 6.54 Å². The van der Waals surface area contributed by atoms with Crippen LogP contribution in [0, 0.1) is 0 Å². The van der Waals surface area contributed by atoms with Gasteiger partial charge >= 0.3 is 0 Å². The summed E-state index contributed by atoms with van der Waals surface area (Å²) in [5, 5.41) is 3.71. The highest BCUT2D eigenvalue weighted by molar-refractivity contribution is 5.53. The van der Waals surface area contributed by atoms with Crippen molar-refractivity contribution in [1.82, 2.24) is 0 Å². The lowest BCUT2D eigenvalue weighted by Gasteiger charge is -2.26. The zero-order valence-electron chi connectivity index (χ0n) is 13.1. The molecule has 1 nitrogen and oxygen atoms in total. The molecule has 0 amide bonds. The summed E-state index contributed by atoms with van der Waals surface area (Å²) in [6, 6.07) is 17.7. The van der Waals surface area contributed by atoms with Crippen LogP contribution in [0.25, 0.3) is 0 Å². The van der Waals surface area contributed by atoms with E-state index in [4.69, 9.17) is 0 Å². The van der Waals surface area contributed by atoms with Gasteiger partial charge in [0.1, 0.15) is 0 Å². The van der Waals surface area contributed by atoms with Crippen molar-refractivity contribution in [3.8, 4) is 0 Å². The Labute approximate surface area is 128 Å². The second kappa shape index (κ2) is 6.34. The number of rotatable bonds is 4. The minimum absolute atomic E-state index is 0.562. The van der Waals surface area contributed by atoms with E-state index >= 15 is 0 Å². The summed E-state index contributed by atoms with van der Waals surface area (Å²) in [5.41, 5.74) is 5.82. The molecule has 0 aliphatic heterocycles. The summed E-state index contributed by atoms with van der Waals surface area (Å²) in [4.78, 5) is 0. The standard InChI is InChI=1S/C20H25N/c1-15(2)18-11-5-6-13-20(18)21-14-17-10-7-9-16-8-3-4-12-19(16)17/h3-6,8,11-13,15,17,21H,7,9-10,14H2,1-2H3. The van der Waals surface area contributed by atoms with Crippen molar-refractivity contribution >= 4 is 5.69 Å². The monoisotopic (exact) mass is 279 g/mol. The van der Waals surface area contributed by atoms with Gasteiger partial charge in [-0.1, -0.05) is 56.3 Å². The number of nitrogens with one attached hydrogen (secondary N) is 1. The summed E-state index contributed by atoms with van der Waals surface area (Å²) in [6.07, 6.45) is 3.86. The minimum Gasteiger partial charge on any atom is -0.384 e. The third-order valence-corrected chi connectivity index (χ3v) is 4.62. The number of para-hydroxylation sites is 1. The van der Waals surface area contributed by atoms with Crippen molar-refractivity contribution in [2.24, 2.45) is 0 Å². The Morgan fingerprint density at radius 2 is 1.81 bits per heavy atom. The van der Waals surface area contributed by atoms with Gasteiger partial charge < -0.3 is 5.32 Å². The van der Waals surface area contributed by atoms with Gasteiger partial charge in [-0.2, -0.15) is 0 Å². The first-order chi connectivity index (χ1) is 10.3. The molecule has 1 unspecified atom stereocenters. The van der Waals surface area contributed by atoms with Crippen LogP contribution in [0.15, 0.2) is 48.5 Å². The molecular weight excluding hydrogens is 254 g/mol. The van der Waals surface area contributed by atoms with Gasteiger partial charge in [0.15, 0.2) is 0 Å². The van der Waals surface area contributed by atoms with Gasteiger partial charge in [-0.25, -0.2) is 0 Å². The Kier molecular flexibility index (Phi) is 4.28. The van der Waals surface area contributed by atoms with Gasteiger partial charge in [0.25, 0.3) is 0 Å². The third kappa shape index (κ3) is 3.12. The van der Waals surface area contributed by atoms with Gasteiger partial charge in [-0.05, 0) is 47.9 Å². The van der Waals surface area contributed by atoms with Crippen molar-refractivity contribution in [3.05, 3.63) is 65.2 Å². The minimum atomic E-state index is 0.562. The average Bonchev–Trinajstić information content (AvgIpc) is 2.53. The van der Waals surface area contributed by atoms with E-state index in [-0.39, 0.29) is 0 Å². The normalized spacial score (nSPS) is 17.6. The Morgan fingerprint density at radius 1 is 1.05 bits per heavy atom. The smallest absolute Gasteiger partial charge is 0.0375 e. The molecule has 0 aromatic heterocycles. The van der Waals surface area contributed by atoms with Crippen molar-refractivity contribution < 1.29 is 0 Å². The highest BCUT2D eigenvalue weighted by Crippen LogP contribution is 2.32. The summed E-state index contributed by atoms with van der Waals surface area (Å²) < 4.78 is 0. The first-order valence-corrected chi connectivity index (χ1v) is 8.16. The van der Waals surface area contributed by atoms with Crippen LogP contribution in [0.1, 0.15) is 55.2 Å². The zero-order chi connectivity index (χ0) is 14.7. The van der Waals surface area contributed by atoms with Crippen LogP contribution in [0.3, 0.4) is 0 Å². The topological polar surface area (TPSA) is 12.0 Å². The SMILES string of the molecule is CC(C)c1ccccc1NCC1CCCc2ccccc21. The number of hydrogen-bond donors (Lipinski definition) is 1. The summed E-state index contributed by atoms with van der Waals surface area (Å²) in [6.45, 7) is 5.56. The van der Waals surface area contributed by atoms with E-state index < -0.39 is 0 Å². The molecule has 3 rings (SSSR count). The summed E-state index contributed by atoms with van der Waals surface area (Å²) in [5.74, 6) is 1.21. The molecule has 1 aliphatic rings. The van der Waals surface area contributed by atoms with Gasteiger partial charge in [0.05, 0.1) is 0 Å². The largest absolute Gasteiger partial charge is 0.384 e. The zero-order valence-corrected chi connectivity index (χ0v) is 13.1. The molecule has 0 radical (unpaired) electrons. The van der Waals surface area contributed by atoms with E-state index in [1.165, 1.54) is 30.5 Å². The molecule has 0 saturated heterocycles. The summed E-state index contributed by atoms with van der Waals surface area (Å²) >= 11 is 0. The van der Waals surface area contributed by atoms with Crippen LogP contribution in [-0.2, 0) is 6.42 Å². The van der Waals surface area contributed by atoms with Crippen LogP contribution in [0.5, 0.6) is 0 Å². The van der Waals surface area contributed by atoms with E-state index in [2.05, 4.69) is 67.7 Å². The number of aryl methyl sites for hydroxylation is 1. The Morgan fingerprint density at radius 3 is 2.67 bits per heavy atom. The second-order valence-corrected chi connectivity index (χ2v) is 6.41. The first kappa shape index (κ1) is 14.2. The fourth-order valence-corrected chi connectivity index (χ4v) is 3.46. The Balaban J connectivity index is 1.75. The van der Waals surface area contributed by atoms with Crippen LogP contribution in [0.2, 0.25) is 0 Å². The van der Waals surface area contributed by atoms with E-state index in [1.807, 2.05) is 0 Å². The average molecular weight is 279 g/mol. The molecule has 0 saturated carbocycles. The molecule has 2 aromatic carbocycles. The summed E-state index contributed by atoms with van der Waals surface area (Å²) in [7, 11) is 0. The highest BCUT2D eigenvalue weighted by atomic mass is 14.9. The molecule has 1 heteroatoms. The molecule has 0 heterocycles. The number of anilines is 1. The fourth-order valence-electron chi connectivity index (χ4n) is 3.46. The predicted octanol–water partition coefficient (Wildman–Crippen LogP) is 5.34. The molecule has 1 N–H and O–H groups in total. The molecule has 0 bridgehead atoms. The van der Waals surface area contributed by atoms with Crippen molar-refractivity contribution in [2.75, 3.05) is 11.9 Å². The number of hydrogen-bond acceptors (Lipinski definition) is 1. The van der Waals surface area contributed by atoms with Gasteiger partial charge in [-0.3, -0.25) is 0 Å². The molecule has 21 heavy (non-hydrogen) atoms. The highest BCUT2D eigenvalue weighted by Gasteiger charge is 2.19. The Bertz CT molecular complexity index is 600. The number of fused-ring (bicyclic) bond motifs is 1. The molecule has 0 spiro atoms. The van der Waals surface area contributed by atoms with Crippen LogP contribution >= 0.6 is 0 Å². The number of benzene rings is 2. The first-order valence-electron chi connectivity index (χ1n) is 8.16. The van der Waals surface area contributed by atoms with Crippen molar-refractivity contribution in [3.63, 3.8) is 0 Å². The second-order valence-electron chi connectivity index (χ2n) is 6.41. The Hall–Kier alpha value is -1.76. The van der Waals surface area contributed by atoms with E-state index in [9.17, 15) is 0 Å². The lowest BCUT2D eigenvalue weighted by atomic mass is 9.83. The van der Waals surface area contributed by atoms with E-state index in [0.29, 0.717) is 11.8 Å². The van der Waals surface area contributed by atoms with Gasteiger partial charge in [0, 0.05) is 18.2 Å². The maximum Gasteiger partial charge on any atom is 0.0375 e.